The van der Waals surface area contributed by atoms with Crippen molar-refractivity contribution in [2.75, 3.05) is 23.7 Å². The van der Waals surface area contributed by atoms with Gasteiger partial charge < -0.3 is 9.88 Å². The van der Waals surface area contributed by atoms with Gasteiger partial charge >= 0.3 is 0 Å². The number of aromatic amines is 1. The Hall–Kier alpha value is -2.77. The van der Waals surface area contributed by atoms with Crippen LogP contribution in [-0.2, 0) is 10.0 Å². The number of hydrogen-bond donors (Lipinski definition) is 2. The summed E-state index contributed by atoms with van der Waals surface area (Å²) in [6.07, 6.45) is 4.19. The number of sulfonamides is 1. The number of anilines is 1. The zero-order valence-corrected chi connectivity index (χ0v) is 14.9. The first-order valence-electron chi connectivity index (χ1n) is 8.19. The van der Waals surface area contributed by atoms with E-state index in [1.807, 2.05) is 19.2 Å². The highest BCUT2D eigenvalue weighted by Gasteiger charge is 2.29. The third kappa shape index (κ3) is 2.95. The van der Waals surface area contributed by atoms with Gasteiger partial charge in [-0.3, -0.25) is 0 Å². The van der Waals surface area contributed by atoms with Crippen LogP contribution in [0.2, 0.25) is 0 Å². The Bertz CT molecular complexity index is 1130. The number of pyridine rings is 1. The molecule has 3 aromatic rings. The second-order valence-electron chi connectivity index (χ2n) is 6.32. The Kier molecular flexibility index (Phi) is 3.97. The summed E-state index contributed by atoms with van der Waals surface area (Å²) >= 11 is 0. The fourth-order valence-electron chi connectivity index (χ4n) is 3.38. The Morgan fingerprint density at radius 1 is 1.46 bits per heavy atom. The molecule has 0 aromatic carbocycles. The van der Waals surface area contributed by atoms with Crippen LogP contribution in [0.1, 0.15) is 12.2 Å². The number of aryl methyl sites for hydroxylation is 1. The van der Waals surface area contributed by atoms with E-state index in [9.17, 15) is 8.42 Å². The van der Waals surface area contributed by atoms with Crippen LogP contribution in [0.5, 0.6) is 0 Å². The predicted molar refractivity (Wildman–Crippen MR) is 97.1 cm³/mol. The van der Waals surface area contributed by atoms with Crippen molar-refractivity contribution in [3.63, 3.8) is 0 Å². The summed E-state index contributed by atoms with van der Waals surface area (Å²) < 4.78 is 26.3. The fraction of sp³-hybridized carbons (Fsp3) is 0.375. The molecule has 0 radical (unpaired) electrons. The van der Waals surface area contributed by atoms with Crippen molar-refractivity contribution in [1.29, 1.82) is 5.26 Å². The van der Waals surface area contributed by atoms with Crippen LogP contribution < -0.4 is 9.62 Å². The lowest BCUT2D eigenvalue weighted by molar-refractivity contribution is 0.564. The first-order chi connectivity index (χ1) is 12.5. The molecule has 1 aliphatic heterocycles. The topological polar surface area (TPSA) is 128 Å². The van der Waals surface area contributed by atoms with E-state index in [0.717, 1.165) is 27.8 Å². The minimum atomic E-state index is -3.58. The largest absolute Gasteiger partial charge is 0.354 e. The molecule has 134 valence electrons. The quantitative estimate of drug-likeness (QED) is 0.695. The molecule has 0 amide bonds. The molecule has 2 N–H and O–H groups in total. The van der Waals surface area contributed by atoms with Gasteiger partial charge in [0.25, 0.3) is 0 Å². The molecule has 26 heavy (non-hydrogen) atoms. The predicted octanol–water partition coefficient (Wildman–Crippen LogP) is 0.836. The maximum absolute atomic E-state index is 11.8. The number of nitrogens with one attached hydrogen (secondary N) is 2. The van der Waals surface area contributed by atoms with Crippen LogP contribution in [0.3, 0.4) is 0 Å². The zero-order chi connectivity index (χ0) is 18.3. The van der Waals surface area contributed by atoms with Crippen molar-refractivity contribution in [2.45, 2.75) is 19.4 Å². The van der Waals surface area contributed by atoms with Gasteiger partial charge in [0.05, 0.1) is 23.2 Å². The normalized spacial score (nSPS) is 17.8. The molecule has 1 unspecified atom stereocenters. The summed E-state index contributed by atoms with van der Waals surface area (Å²) in [4.78, 5) is 18.6. The van der Waals surface area contributed by atoms with Crippen LogP contribution in [0.25, 0.3) is 21.9 Å². The van der Waals surface area contributed by atoms with E-state index >= 15 is 0 Å². The minimum Gasteiger partial charge on any atom is -0.354 e. The maximum atomic E-state index is 11.8. The van der Waals surface area contributed by atoms with E-state index in [0.29, 0.717) is 25.3 Å². The Balaban J connectivity index is 1.71. The van der Waals surface area contributed by atoms with Gasteiger partial charge in [-0.2, -0.15) is 5.26 Å². The number of hydrogen-bond acceptors (Lipinski definition) is 7. The van der Waals surface area contributed by atoms with Gasteiger partial charge in [-0.15, -0.1) is 0 Å². The average molecular weight is 371 g/mol. The summed E-state index contributed by atoms with van der Waals surface area (Å²) in [6.45, 7) is 2.98. The van der Waals surface area contributed by atoms with Crippen molar-refractivity contribution < 1.29 is 8.42 Å². The first kappa shape index (κ1) is 16.7. The van der Waals surface area contributed by atoms with E-state index in [-0.39, 0.29) is 6.04 Å². The number of fused-ring (bicyclic) bond motifs is 3. The third-order valence-electron chi connectivity index (χ3n) is 4.43. The SMILES string of the molecule is Cc1nc(N2CCC(NS(=O)(=O)CC#N)C2)c2c(cnc3[nH]ccc32)n1. The summed E-state index contributed by atoms with van der Waals surface area (Å²) in [5.41, 5.74) is 1.52. The molecule has 1 fully saturated rings. The van der Waals surface area contributed by atoms with Crippen molar-refractivity contribution in [3.05, 3.63) is 24.3 Å². The van der Waals surface area contributed by atoms with Crippen LogP contribution in [0, 0.1) is 18.3 Å². The lowest BCUT2D eigenvalue weighted by Gasteiger charge is -2.20. The van der Waals surface area contributed by atoms with E-state index in [4.69, 9.17) is 5.26 Å². The van der Waals surface area contributed by atoms with Crippen LogP contribution >= 0.6 is 0 Å². The van der Waals surface area contributed by atoms with Gasteiger partial charge in [0.1, 0.15) is 17.3 Å². The highest BCUT2D eigenvalue weighted by molar-refractivity contribution is 7.89. The molecule has 0 bridgehead atoms. The van der Waals surface area contributed by atoms with Crippen molar-refractivity contribution in [3.8, 4) is 6.07 Å². The third-order valence-corrected chi connectivity index (χ3v) is 5.63. The maximum Gasteiger partial charge on any atom is 0.225 e. The molecule has 1 aliphatic rings. The second-order valence-corrected chi connectivity index (χ2v) is 8.07. The molecule has 0 spiro atoms. The number of rotatable bonds is 4. The molecule has 4 heterocycles. The summed E-state index contributed by atoms with van der Waals surface area (Å²) in [5.74, 6) is 0.883. The number of nitrogens with zero attached hydrogens (tertiary/aromatic N) is 5. The minimum absolute atomic E-state index is 0.248. The van der Waals surface area contributed by atoms with E-state index in [1.165, 1.54) is 0 Å². The smallest absolute Gasteiger partial charge is 0.225 e. The van der Waals surface area contributed by atoms with Crippen molar-refractivity contribution in [1.82, 2.24) is 24.7 Å². The summed E-state index contributed by atoms with van der Waals surface area (Å²) in [7, 11) is -3.58. The van der Waals surface area contributed by atoms with Crippen LogP contribution in [0.4, 0.5) is 5.82 Å². The Morgan fingerprint density at radius 3 is 3.12 bits per heavy atom. The summed E-state index contributed by atoms with van der Waals surface area (Å²) in [5, 5.41) is 10.5. The highest BCUT2D eigenvalue weighted by Crippen LogP contribution is 2.31. The lowest BCUT2D eigenvalue weighted by atomic mass is 10.2. The van der Waals surface area contributed by atoms with Gasteiger partial charge in [0, 0.05) is 30.7 Å². The Morgan fingerprint density at radius 2 is 2.31 bits per heavy atom. The number of aromatic nitrogens is 4. The molecule has 9 nitrogen and oxygen atoms in total. The molecular formula is C16H17N7O2S. The van der Waals surface area contributed by atoms with Crippen molar-refractivity contribution in [2.24, 2.45) is 0 Å². The van der Waals surface area contributed by atoms with E-state index < -0.39 is 15.8 Å². The first-order valence-corrected chi connectivity index (χ1v) is 9.84. The Labute approximate surface area is 150 Å². The monoisotopic (exact) mass is 371 g/mol. The standard InChI is InChI=1S/C16H17N7O2S/c1-10-20-13-8-19-15-12(2-5-18-15)14(13)16(21-10)23-6-3-11(9-23)22-26(24,25)7-4-17/h2,5,8,11,22H,3,6-7,9H2,1H3,(H,18,19). The van der Waals surface area contributed by atoms with E-state index in [1.54, 1.807) is 12.3 Å². The second kappa shape index (κ2) is 6.19. The highest BCUT2D eigenvalue weighted by atomic mass is 32.2. The molecule has 0 aliphatic carbocycles. The van der Waals surface area contributed by atoms with Gasteiger partial charge in [0.15, 0.2) is 5.75 Å². The number of H-pyrrole nitrogens is 1. The van der Waals surface area contributed by atoms with E-state index in [2.05, 4.69) is 29.6 Å². The molecule has 4 rings (SSSR count). The van der Waals surface area contributed by atoms with Crippen LogP contribution in [-0.4, -0.2) is 53.2 Å². The fourth-order valence-corrected chi connectivity index (χ4v) is 4.34. The van der Waals surface area contributed by atoms with Gasteiger partial charge in [0.2, 0.25) is 10.0 Å². The summed E-state index contributed by atoms with van der Waals surface area (Å²) in [6, 6.07) is 3.37. The lowest BCUT2D eigenvalue weighted by Crippen LogP contribution is -2.38. The van der Waals surface area contributed by atoms with Gasteiger partial charge in [-0.25, -0.2) is 28.1 Å². The molecule has 1 atom stereocenters. The zero-order valence-electron chi connectivity index (χ0n) is 14.1. The number of nitriles is 1. The van der Waals surface area contributed by atoms with Gasteiger partial charge in [-0.05, 0) is 19.4 Å². The van der Waals surface area contributed by atoms with Gasteiger partial charge in [-0.1, -0.05) is 0 Å². The average Bonchev–Trinajstić information content (AvgIpc) is 3.22. The molecule has 3 aromatic heterocycles. The van der Waals surface area contributed by atoms with Crippen LogP contribution in [0.15, 0.2) is 18.5 Å². The molecular weight excluding hydrogens is 354 g/mol. The van der Waals surface area contributed by atoms with Crippen molar-refractivity contribution >= 4 is 37.8 Å². The molecule has 1 saturated heterocycles. The molecule has 10 heteroatoms. The molecule has 0 saturated carbocycles.